The lowest BCUT2D eigenvalue weighted by atomic mass is 10.1. The second-order valence-electron chi connectivity index (χ2n) is 5.92. The fourth-order valence-corrected chi connectivity index (χ4v) is 2.81. The van der Waals surface area contributed by atoms with Crippen molar-refractivity contribution in [2.75, 3.05) is 12.4 Å². The summed E-state index contributed by atoms with van der Waals surface area (Å²) in [6.07, 6.45) is 0. The highest BCUT2D eigenvalue weighted by atomic mass is 16.5. The van der Waals surface area contributed by atoms with Crippen LogP contribution >= 0.6 is 0 Å². The Bertz CT molecular complexity index is 1100. The number of methoxy groups -OCH3 is 1. The molecule has 1 heterocycles. The summed E-state index contributed by atoms with van der Waals surface area (Å²) < 4.78 is 6.18. The summed E-state index contributed by atoms with van der Waals surface area (Å²) in [6.45, 7) is 1.45. The highest BCUT2D eigenvalue weighted by Crippen LogP contribution is 2.27. The number of nitrogens with two attached hydrogens (primary N) is 1. The third-order valence-corrected chi connectivity index (χ3v) is 4.11. The van der Waals surface area contributed by atoms with Crippen molar-refractivity contribution in [1.82, 2.24) is 9.78 Å². The number of hydrogen-bond donors (Lipinski definition) is 2. The first kappa shape index (κ1) is 18.1. The van der Waals surface area contributed by atoms with Crippen LogP contribution in [0, 0.1) is 6.92 Å². The first-order valence-corrected chi connectivity index (χ1v) is 8.15. The number of fused-ring (bicyclic) bond motifs is 1. The molecular weight excluding hydrogens is 348 g/mol. The van der Waals surface area contributed by atoms with Gasteiger partial charge in [0.2, 0.25) is 5.91 Å². The Balaban J connectivity index is 1.98. The van der Waals surface area contributed by atoms with Gasteiger partial charge in [-0.1, -0.05) is 30.3 Å². The molecule has 0 aliphatic carbocycles. The Morgan fingerprint density at radius 1 is 1.15 bits per heavy atom. The van der Waals surface area contributed by atoms with Crippen molar-refractivity contribution in [3.8, 4) is 5.75 Å². The van der Waals surface area contributed by atoms with E-state index in [9.17, 15) is 14.4 Å². The summed E-state index contributed by atoms with van der Waals surface area (Å²) in [4.78, 5) is 36.8. The molecule has 0 saturated heterocycles. The zero-order valence-electron chi connectivity index (χ0n) is 14.9. The van der Waals surface area contributed by atoms with E-state index in [1.807, 2.05) is 13.0 Å². The van der Waals surface area contributed by atoms with Gasteiger partial charge in [-0.15, -0.1) is 0 Å². The van der Waals surface area contributed by atoms with Gasteiger partial charge in [0.1, 0.15) is 12.3 Å². The number of para-hydroxylation sites is 1. The molecule has 138 valence electrons. The molecule has 0 fully saturated rings. The number of nitrogens with one attached hydrogen (secondary N) is 1. The summed E-state index contributed by atoms with van der Waals surface area (Å²) in [5.41, 5.74) is 6.14. The lowest BCUT2D eigenvalue weighted by Gasteiger charge is -2.13. The number of rotatable bonds is 5. The van der Waals surface area contributed by atoms with E-state index in [0.29, 0.717) is 16.8 Å². The molecule has 1 aromatic heterocycles. The molecule has 3 aromatic rings. The van der Waals surface area contributed by atoms with Gasteiger partial charge in [-0.3, -0.25) is 14.4 Å². The standard InChI is InChI=1S/C19H18N4O4/c1-11-6-5-9-14(27-2)16(11)21-15(24)10-23-19(26)13-8-4-3-7-12(13)17(22-23)18(20)25/h3-9H,10H2,1-2H3,(H2,20,25)(H,21,24). The smallest absolute Gasteiger partial charge is 0.275 e. The SMILES string of the molecule is COc1cccc(C)c1NC(=O)Cn1nc(C(N)=O)c2ccccc2c1=O. The van der Waals surface area contributed by atoms with Crippen molar-refractivity contribution in [2.24, 2.45) is 5.73 Å². The molecule has 0 bridgehead atoms. The van der Waals surface area contributed by atoms with Crippen molar-refractivity contribution in [1.29, 1.82) is 0 Å². The zero-order valence-corrected chi connectivity index (χ0v) is 14.9. The van der Waals surface area contributed by atoms with Crippen LogP contribution in [0.25, 0.3) is 10.8 Å². The van der Waals surface area contributed by atoms with E-state index in [1.165, 1.54) is 7.11 Å². The zero-order chi connectivity index (χ0) is 19.6. The molecule has 0 unspecified atom stereocenters. The Morgan fingerprint density at radius 2 is 1.85 bits per heavy atom. The van der Waals surface area contributed by atoms with Crippen molar-refractivity contribution >= 4 is 28.3 Å². The largest absolute Gasteiger partial charge is 0.495 e. The van der Waals surface area contributed by atoms with Crippen LogP contribution in [0.3, 0.4) is 0 Å². The molecule has 2 aromatic carbocycles. The third-order valence-electron chi connectivity index (χ3n) is 4.11. The van der Waals surface area contributed by atoms with Crippen LogP contribution in [0.5, 0.6) is 5.75 Å². The first-order valence-electron chi connectivity index (χ1n) is 8.15. The third kappa shape index (κ3) is 3.50. The number of ether oxygens (including phenoxy) is 1. The number of nitrogens with zero attached hydrogens (tertiary/aromatic N) is 2. The van der Waals surface area contributed by atoms with E-state index in [2.05, 4.69) is 10.4 Å². The number of anilines is 1. The fourth-order valence-electron chi connectivity index (χ4n) is 2.81. The molecule has 0 radical (unpaired) electrons. The van der Waals surface area contributed by atoms with E-state index < -0.39 is 17.4 Å². The number of carbonyl (C=O) groups excluding carboxylic acids is 2. The minimum absolute atomic E-state index is 0.0635. The van der Waals surface area contributed by atoms with Gasteiger partial charge < -0.3 is 15.8 Å². The van der Waals surface area contributed by atoms with Gasteiger partial charge >= 0.3 is 0 Å². The lowest BCUT2D eigenvalue weighted by molar-refractivity contribution is -0.117. The number of aryl methyl sites for hydroxylation is 1. The summed E-state index contributed by atoms with van der Waals surface area (Å²) in [7, 11) is 1.50. The lowest BCUT2D eigenvalue weighted by Crippen LogP contribution is -2.32. The van der Waals surface area contributed by atoms with E-state index in [0.717, 1.165) is 10.2 Å². The van der Waals surface area contributed by atoms with E-state index in [1.54, 1.807) is 36.4 Å². The van der Waals surface area contributed by atoms with E-state index in [-0.39, 0.29) is 17.6 Å². The predicted octanol–water partition coefficient (Wildman–Crippen LogP) is 1.45. The van der Waals surface area contributed by atoms with Crippen LogP contribution in [-0.4, -0.2) is 28.7 Å². The first-order chi connectivity index (χ1) is 12.9. The van der Waals surface area contributed by atoms with Crippen molar-refractivity contribution in [3.63, 3.8) is 0 Å². The summed E-state index contributed by atoms with van der Waals surface area (Å²) >= 11 is 0. The predicted molar refractivity (Wildman–Crippen MR) is 101 cm³/mol. The van der Waals surface area contributed by atoms with Gasteiger partial charge in [0.25, 0.3) is 11.5 Å². The van der Waals surface area contributed by atoms with Gasteiger partial charge in [0, 0.05) is 5.39 Å². The van der Waals surface area contributed by atoms with Crippen molar-refractivity contribution in [2.45, 2.75) is 13.5 Å². The fraction of sp³-hybridized carbons (Fsp3) is 0.158. The van der Waals surface area contributed by atoms with Crippen LogP contribution in [0.15, 0.2) is 47.3 Å². The molecule has 0 atom stereocenters. The second-order valence-corrected chi connectivity index (χ2v) is 5.92. The molecule has 0 saturated carbocycles. The average molecular weight is 366 g/mol. The topological polar surface area (TPSA) is 116 Å². The molecule has 8 heteroatoms. The van der Waals surface area contributed by atoms with E-state index >= 15 is 0 Å². The van der Waals surface area contributed by atoms with Gasteiger partial charge in [-0.2, -0.15) is 5.10 Å². The summed E-state index contributed by atoms with van der Waals surface area (Å²) in [5, 5.41) is 7.33. The highest BCUT2D eigenvalue weighted by Gasteiger charge is 2.17. The second kappa shape index (κ2) is 7.28. The van der Waals surface area contributed by atoms with Crippen LogP contribution in [0.1, 0.15) is 16.1 Å². The minimum atomic E-state index is -0.777. The van der Waals surface area contributed by atoms with E-state index in [4.69, 9.17) is 10.5 Å². The maximum Gasteiger partial charge on any atom is 0.275 e. The molecule has 3 N–H and O–H groups in total. The Hall–Kier alpha value is -3.68. The molecule has 27 heavy (non-hydrogen) atoms. The summed E-state index contributed by atoms with van der Waals surface area (Å²) in [6, 6.07) is 11.8. The van der Waals surface area contributed by atoms with Crippen LogP contribution < -0.4 is 21.3 Å². The number of primary amides is 1. The van der Waals surface area contributed by atoms with Gasteiger partial charge in [-0.05, 0) is 24.6 Å². The van der Waals surface area contributed by atoms with Crippen LogP contribution in [-0.2, 0) is 11.3 Å². The monoisotopic (exact) mass is 366 g/mol. The number of aromatic nitrogens is 2. The maximum absolute atomic E-state index is 12.6. The number of hydrogen-bond acceptors (Lipinski definition) is 5. The molecule has 0 aliphatic rings. The molecule has 0 spiro atoms. The molecular formula is C19H18N4O4. The number of amides is 2. The maximum atomic E-state index is 12.6. The van der Waals surface area contributed by atoms with Crippen molar-refractivity contribution in [3.05, 3.63) is 64.1 Å². The molecule has 0 aliphatic heterocycles. The Labute approximate surface area is 154 Å². The Kier molecular flexibility index (Phi) is 4.89. The molecule has 3 rings (SSSR count). The van der Waals surface area contributed by atoms with Gasteiger partial charge in [0.15, 0.2) is 5.69 Å². The van der Waals surface area contributed by atoms with Crippen molar-refractivity contribution < 1.29 is 14.3 Å². The molecule has 2 amide bonds. The van der Waals surface area contributed by atoms with Crippen LogP contribution in [0.2, 0.25) is 0 Å². The Morgan fingerprint density at radius 3 is 2.52 bits per heavy atom. The normalized spacial score (nSPS) is 10.6. The van der Waals surface area contributed by atoms with Gasteiger partial charge in [0.05, 0.1) is 18.2 Å². The van der Waals surface area contributed by atoms with Gasteiger partial charge in [-0.25, -0.2) is 4.68 Å². The quantitative estimate of drug-likeness (QED) is 0.709. The average Bonchev–Trinajstić information content (AvgIpc) is 2.65. The summed E-state index contributed by atoms with van der Waals surface area (Å²) in [5.74, 6) is -0.760. The highest BCUT2D eigenvalue weighted by molar-refractivity contribution is 6.04. The number of benzene rings is 2. The molecule has 8 nitrogen and oxygen atoms in total. The number of carbonyl (C=O) groups is 2. The minimum Gasteiger partial charge on any atom is -0.495 e. The van der Waals surface area contributed by atoms with Crippen LogP contribution in [0.4, 0.5) is 5.69 Å².